The average Bonchev–Trinajstić information content (AvgIpc) is 2.47. The molecule has 1 aromatic rings. The summed E-state index contributed by atoms with van der Waals surface area (Å²) in [4.78, 5) is 0. The summed E-state index contributed by atoms with van der Waals surface area (Å²) in [5, 5.41) is 4.22. The summed E-state index contributed by atoms with van der Waals surface area (Å²) in [7, 11) is 1.72. The van der Waals surface area contributed by atoms with Crippen LogP contribution in [0.15, 0.2) is 12.4 Å². The van der Waals surface area contributed by atoms with Crippen molar-refractivity contribution in [1.29, 1.82) is 0 Å². The second-order valence-corrected chi connectivity index (χ2v) is 4.01. The molecule has 0 N–H and O–H groups in total. The van der Waals surface area contributed by atoms with Gasteiger partial charge < -0.3 is 4.74 Å². The lowest BCUT2D eigenvalue weighted by Crippen LogP contribution is -2.07. The van der Waals surface area contributed by atoms with Gasteiger partial charge in [0, 0.05) is 19.9 Å². The fourth-order valence-corrected chi connectivity index (χ4v) is 1.39. The quantitative estimate of drug-likeness (QED) is 0.790. The van der Waals surface area contributed by atoms with Gasteiger partial charge in [0.15, 0.2) is 0 Å². The minimum Gasteiger partial charge on any atom is -0.385 e. The van der Waals surface area contributed by atoms with Gasteiger partial charge in [-0.1, -0.05) is 0 Å². The normalized spacial score (nSPS) is 13.2. The highest BCUT2D eigenvalue weighted by Crippen LogP contribution is 2.11. The second kappa shape index (κ2) is 4.81. The molecule has 0 aromatic carbocycles. The van der Waals surface area contributed by atoms with Crippen molar-refractivity contribution in [2.45, 2.75) is 19.4 Å². The topological polar surface area (TPSA) is 27.1 Å². The van der Waals surface area contributed by atoms with E-state index in [-0.39, 0.29) is 0 Å². The lowest BCUT2D eigenvalue weighted by atomic mass is 10.2. The Morgan fingerprint density at radius 1 is 1.75 bits per heavy atom. The third kappa shape index (κ3) is 2.75. The third-order valence-electron chi connectivity index (χ3n) is 1.76. The zero-order valence-corrected chi connectivity index (χ0v) is 9.48. The molecule has 1 atom stereocenters. The van der Waals surface area contributed by atoms with Crippen LogP contribution in [-0.2, 0) is 4.74 Å². The van der Waals surface area contributed by atoms with E-state index in [4.69, 9.17) is 4.74 Å². The van der Waals surface area contributed by atoms with Crippen LogP contribution in [0.5, 0.6) is 0 Å². The standard InChI is InChI=1S/C8H13IN2O/c1-7(3-4-12-2)11-6-8(9)5-10-11/h5-7H,3-4H2,1-2H3. The molecule has 4 heteroatoms. The highest BCUT2D eigenvalue weighted by atomic mass is 127. The molecule has 0 spiro atoms. The van der Waals surface area contributed by atoms with Crippen molar-refractivity contribution >= 4 is 22.6 Å². The maximum absolute atomic E-state index is 5.00. The van der Waals surface area contributed by atoms with Crippen LogP contribution >= 0.6 is 22.6 Å². The zero-order chi connectivity index (χ0) is 8.97. The zero-order valence-electron chi connectivity index (χ0n) is 7.33. The molecule has 0 amide bonds. The van der Waals surface area contributed by atoms with Crippen molar-refractivity contribution in [2.24, 2.45) is 0 Å². The molecule has 0 fully saturated rings. The highest BCUT2D eigenvalue weighted by Gasteiger charge is 2.04. The molecule has 0 aliphatic carbocycles. The molecule has 0 radical (unpaired) electrons. The Hall–Kier alpha value is -0.100. The summed E-state index contributed by atoms with van der Waals surface area (Å²) in [5.41, 5.74) is 0. The van der Waals surface area contributed by atoms with Gasteiger partial charge in [-0.2, -0.15) is 5.10 Å². The predicted octanol–water partition coefficient (Wildman–Crippen LogP) is 2.09. The Kier molecular flexibility index (Phi) is 4.00. The number of hydrogen-bond acceptors (Lipinski definition) is 2. The van der Waals surface area contributed by atoms with Crippen LogP contribution in [0.4, 0.5) is 0 Å². The largest absolute Gasteiger partial charge is 0.385 e. The first kappa shape index (κ1) is 9.98. The van der Waals surface area contributed by atoms with Gasteiger partial charge in [-0.05, 0) is 35.9 Å². The van der Waals surface area contributed by atoms with E-state index in [1.165, 1.54) is 3.57 Å². The molecule has 0 bridgehead atoms. The van der Waals surface area contributed by atoms with Crippen molar-refractivity contribution in [2.75, 3.05) is 13.7 Å². The predicted molar refractivity (Wildman–Crippen MR) is 56.1 cm³/mol. The van der Waals surface area contributed by atoms with Gasteiger partial charge in [0.1, 0.15) is 0 Å². The van der Waals surface area contributed by atoms with Gasteiger partial charge in [0.2, 0.25) is 0 Å². The Labute approximate surface area is 86.2 Å². The van der Waals surface area contributed by atoms with Crippen LogP contribution < -0.4 is 0 Å². The van der Waals surface area contributed by atoms with Gasteiger partial charge in [0.25, 0.3) is 0 Å². The minimum absolute atomic E-state index is 0.425. The van der Waals surface area contributed by atoms with E-state index in [2.05, 4.69) is 34.6 Å². The first-order valence-electron chi connectivity index (χ1n) is 3.92. The van der Waals surface area contributed by atoms with E-state index in [1.54, 1.807) is 7.11 Å². The molecule has 0 aliphatic heterocycles. The fourth-order valence-electron chi connectivity index (χ4n) is 0.977. The maximum atomic E-state index is 5.00. The molecule has 3 nitrogen and oxygen atoms in total. The van der Waals surface area contributed by atoms with Gasteiger partial charge >= 0.3 is 0 Å². The first-order valence-corrected chi connectivity index (χ1v) is 5.00. The third-order valence-corrected chi connectivity index (χ3v) is 2.32. The molecule has 0 saturated carbocycles. The van der Waals surface area contributed by atoms with Crippen molar-refractivity contribution in [3.63, 3.8) is 0 Å². The van der Waals surface area contributed by atoms with Gasteiger partial charge in [0.05, 0.1) is 15.8 Å². The number of halogens is 1. The van der Waals surface area contributed by atoms with Gasteiger partial charge in [-0.3, -0.25) is 4.68 Å². The number of aromatic nitrogens is 2. The highest BCUT2D eigenvalue weighted by molar-refractivity contribution is 14.1. The van der Waals surface area contributed by atoms with Crippen LogP contribution in [0.3, 0.4) is 0 Å². The molecule has 1 rings (SSSR count). The van der Waals surface area contributed by atoms with Crippen LogP contribution in [0.2, 0.25) is 0 Å². The molecule has 12 heavy (non-hydrogen) atoms. The lowest BCUT2D eigenvalue weighted by Gasteiger charge is -2.10. The SMILES string of the molecule is COCCC(C)n1cc(I)cn1. The number of ether oxygens (including phenoxy) is 1. The Balaban J connectivity index is 2.47. The Bertz CT molecular complexity index is 237. The molecular weight excluding hydrogens is 267 g/mol. The Morgan fingerprint density at radius 2 is 2.50 bits per heavy atom. The number of methoxy groups -OCH3 is 1. The van der Waals surface area contributed by atoms with Crippen molar-refractivity contribution in [1.82, 2.24) is 9.78 Å². The summed E-state index contributed by atoms with van der Waals surface area (Å²) in [6, 6.07) is 0.425. The van der Waals surface area contributed by atoms with Crippen LogP contribution in [-0.4, -0.2) is 23.5 Å². The maximum Gasteiger partial charge on any atom is 0.0623 e. The van der Waals surface area contributed by atoms with Crippen LogP contribution in [0, 0.1) is 3.57 Å². The Morgan fingerprint density at radius 3 is 3.00 bits per heavy atom. The van der Waals surface area contributed by atoms with Crippen molar-refractivity contribution < 1.29 is 4.74 Å². The average molecular weight is 280 g/mol. The van der Waals surface area contributed by atoms with E-state index in [1.807, 2.05) is 17.1 Å². The molecule has 0 aliphatic rings. The smallest absolute Gasteiger partial charge is 0.0623 e. The van der Waals surface area contributed by atoms with Crippen LogP contribution in [0.25, 0.3) is 0 Å². The number of hydrogen-bond donors (Lipinski definition) is 0. The molecule has 1 unspecified atom stereocenters. The second-order valence-electron chi connectivity index (χ2n) is 2.77. The fraction of sp³-hybridized carbons (Fsp3) is 0.625. The summed E-state index contributed by atoms with van der Waals surface area (Å²) < 4.78 is 8.15. The number of nitrogens with zero attached hydrogens (tertiary/aromatic N) is 2. The van der Waals surface area contributed by atoms with Crippen LogP contribution in [0.1, 0.15) is 19.4 Å². The van der Waals surface area contributed by atoms with E-state index in [0.717, 1.165) is 13.0 Å². The molecule has 0 saturated heterocycles. The lowest BCUT2D eigenvalue weighted by molar-refractivity contribution is 0.178. The van der Waals surface area contributed by atoms with E-state index >= 15 is 0 Å². The summed E-state index contributed by atoms with van der Waals surface area (Å²) in [6.45, 7) is 2.93. The summed E-state index contributed by atoms with van der Waals surface area (Å²) in [6.07, 6.45) is 4.92. The van der Waals surface area contributed by atoms with Crippen molar-refractivity contribution in [3.8, 4) is 0 Å². The first-order chi connectivity index (χ1) is 5.74. The van der Waals surface area contributed by atoms with E-state index in [9.17, 15) is 0 Å². The van der Waals surface area contributed by atoms with E-state index < -0.39 is 0 Å². The molecular formula is C8H13IN2O. The molecule has 1 heterocycles. The van der Waals surface area contributed by atoms with E-state index in [0.29, 0.717) is 6.04 Å². The van der Waals surface area contributed by atoms with Crippen molar-refractivity contribution in [3.05, 3.63) is 16.0 Å². The molecule has 68 valence electrons. The summed E-state index contributed by atoms with van der Waals surface area (Å²) in [5.74, 6) is 0. The van der Waals surface area contributed by atoms with Gasteiger partial charge in [-0.15, -0.1) is 0 Å². The number of rotatable bonds is 4. The molecule has 1 aromatic heterocycles. The monoisotopic (exact) mass is 280 g/mol. The van der Waals surface area contributed by atoms with Gasteiger partial charge in [-0.25, -0.2) is 0 Å². The minimum atomic E-state index is 0.425. The summed E-state index contributed by atoms with van der Waals surface area (Å²) >= 11 is 2.26.